The van der Waals surface area contributed by atoms with Gasteiger partial charge in [0.25, 0.3) is 5.91 Å². The van der Waals surface area contributed by atoms with Crippen molar-refractivity contribution in [1.29, 1.82) is 0 Å². The Hall–Kier alpha value is -1.65. The van der Waals surface area contributed by atoms with Gasteiger partial charge in [-0.2, -0.15) is 0 Å². The van der Waals surface area contributed by atoms with Gasteiger partial charge in [0, 0.05) is 18.5 Å². The fourth-order valence-electron chi connectivity index (χ4n) is 2.55. The zero-order chi connectivity index (χ0) is 14.7. The minimum absolute atomic E-state index is 0.187. The Morgan fingerprint density at radius 2 is 2.29 bits per heavy atom. The molecule has 3 rings (SSSR count). The average Bonchev–Trinajstić information content (AvgIpc) is 2.53. The molecule has 2 heterocycles. The lowest BCUT2D eigenvalue weighted by Crippen LogP contribution is -2.33. The first-order valence-corrected chi connectivity index (χ1v) is 7.53. The zero-order valence-electron chi connectivity index (χ0n) is 11.6. The molecule has 1 amide bonds. The number of pyridine rings is 1. The fourth-order valence-corrected chi connectivity index (χ4v) is 2.81. The summed E-state index contributed by atoms with van der Waals surface area (Å²) in [6.45, 7) is 2.16. The van der Waals surface area contributed by atoms with E-state index in [4.69, 9.17) is 16.3 Å². The number of amides is 1. The molecule has 1 atom stereocenters. The molecular weight excluding hydrogens is 288 g/mol. The molecule has 1 aliphatic rings. The van der Waals surface area contributed by atoms with E-state index in [-0.39, 0.29) is 5.91 Å². The van der Waals surface area contributed by atoms with Crippen LogP contribution in [0.4, 0.5) is 0 Å². The number of benzene rings is 1. The highest BCUT2D eigenvalue weighted by Gasteiger charge is 2.16. The van der Waals surface area contributed by atoms with Gasteiger partial charge in [-0.3, -0.25) is 4.79 Å². The molecule has 1 fully saturated rings. The number of nitrogens with zero attached hydrogens (tertiary/aromatic N) is 1. The lowest BCUT2D eigenvalue weighted by Gasteiger charge is -2.22. The summed E-state index contributed by atoms with van der Waals surface area (Å²) >= 11 is 6.22. The second-order valence-electron chi connectivity index (χ2n) is 5.30. The molecule has 1 aliphatic heterocycles. The van der Waals surface area contributed by atoms with Crippen molar-refractivity contribution in [1.82, 2.24) is 10.3 Å². The predicted octanol–water partition coefficient (Wildman–Crippen LogP) is 3.04. The number of rotatable bonds is 3. The van der Waals surface area contributed by atoms with E-state index in [1.54, 1.807) is 6.07 Å². The van der Waals surface area contributed by atoms with Crippen LogP contribution in [0.5, 0.6) is 0 Å². The number of nitrogens with one attached hydrogen (secondary N) is 1. The van der Waals surface area contributed by atoms with Crippen LogP contribution >= 0.6 is 11.6 Å². The number of halogens is 1. The van der Waals surface area contributed by atoms with Crippen molar-refractivity contribution in [2.75, 3.05) is 19.8 Å². The maximum Gasteiger partial charge on any atom is 0.269 e. The maximum atomic E-state index is 12.2. The number of hydrogen-bond acceptors (Lipinski definition) is 3. The molecule has 1 unspecified atom stereocenters. The molecule has 1 aromatic carbocycles. The van der Waals surface area contributed by atoms with E-state index < -0.39 is 0 Å². The summed E-state index contributed by atoms with van der Waals surface area (Å²) in [5.41, 5.74) is 1.09. The van der Waals surface area contributed by atoms with Crippen LogP contribution in [0, 0.1) is 5.92 Å². The Kier molecular flexibility index (Phi) is 4.36. The molecular formula is C16H17ClN2O2. The molecule has 0 radical (unpaired) electrons. The van der Waals surface area contributed by atoms with Crippen LogP contribution in [0.1, 0.15) is 23.3 Å². The molecule has 0 spiro atoms. The number of carbonyl (C=O) groups excluding carboxylic acids is 1. The number of fused-ring (bicyclic) bond motifs is 1. The van der Waals surface area contributed by atoms with Crippen LogP contribution < -0.4 is 5.32 Å². The van der Waals surface area contributed by atoms with E-state index in [0.717, 1.165) is 30.4 Å². The normalized spacial score (nSPS) is 18.6. The van der Waals surface area contributed by atoms with Crippen LogP contribution in [0.15, 0.2) is 30.3 Å². The molecule has 0 saturated carbocycles. The summed E-state index contributed by atoms with van der Waals surface area (Å²) in [5, 5.41) is 4.33. The fraction of sp³-hybridized carbons (Fsp3) is 0.375. The first-order chi connectivity index (χ1) is 10.2. The molecule has 1 aromatic heterocycles. The first-order valence-electron chi connectivity index (χ1n) is 7.15. The highest BCUT2D eigenvalue weighted by Crippen LogP contribution is 2.22. The minimum atomic E-state index is -0.187. The molecule has 4 nitrogen and oxygen atoms in total. The first kappa shape index (κ1) is 14.3. The van der Waals surface area contributed by atoms with Crippen molar-refractivity contribution >= 4 is 28.4 Å². The molecule has 110 valence electrons. The van der Waals surface area contributed by atoms with E-state index >= 15 is 0 Å². The van der Waals surface area contributed by atoms with Gasteiger partial charge in [-0.05, 0) is 30.9 Å². The van der Waals surface area contributed by atoms with Gasteiger partial charge < -0.3 is 10.1 Å². The van der Waals surface area contributed by atoms with Gasteiger partial charge in [0.05, 0.1) is 17.1 Å². The van der Waals surface area contributed by atoms with Gasteiger partial charge in [-0.25, -0.2) is 4.98 Å². The second-order valence-corrected chi connectivity index (χ2v) is 5.71. The maximum absolute atomic E-state index is 12.2. The third kappa shape index (κ3) is 3.34. The summed E-state index contributed by atoms with van der Waals surface area (Å²) in [7, 11) is 0. The van der Waals surface area contributed by atoms with Gasteiger partial charge in [0.2, 0.25) is 0 Å². The third-order valence-electron chi connectivity index (χ3n) is 3.70. The zero-order valence-corrected chi connectivity index (χ0v) is 12.4. The highest BCUT2D eigenvalue weighted by molar-refractivity contribution is 6.35. The Balaban J connectivity index is 1.72. The molecule has 5 heteroatoms. The molecule has 21 heavy (non-hydrogen) atoms. The Bertz CT molecular complexity index is 654. The molecule has 1 saturated heterocycles. The Morgan fingerprint density at radius 1 is 1.43 bits per heavy atom. The van der Waals surface area contributed by atoms with Crippen molar-refractivity contribution in [2.45, 2.75) is 12.8 Å². The lowest BCUT2D eigenvalue weighted by molar-refractivity contribution is 0.0536. The van der Waals surface area contributed by atoms with Crippen LogP contribution in [0.25, 0.3) is 10.9 Å². The van der Waals surface area contributed by atoms with Gasteiger partial charge in [0.1, 0.15) is 5.69 Å². The Labute approximate surface area is 128 Å². The van der Waals surface area contributed by atoms with Gasteiger partial charge in [-0.15, -0.1) is 0 Å². The monoisotopic (exact) mass is 304 g/mol. The van der Waals surface area contributed by atoms with Gasteiger partial charge >= 0.3 is 0 Å². The number of para-hydroxylation sites is 1. The summed E-state index contributed by atoms with van der Waals surface area (Å²) < 4.78 is 5.41. The van der Waals surface area contributed by atoms with Gasteiger partial charge in [-0.1, -0.05) is 29.8 Å². The topological polar surface area (TPSA) is 51.2 Å². The van der Waals surface area contributed by atoms with E-state index in [2.05, 4.69) is 10.3 Å². The van der Waals surface area contributed by atoms with E-state index in [9.17, 15) is 4.79 Å². The number of aromatic nitrogens is 1. The minimum Gasteiger partial charge on any atom is -0.381 e. The van der Waals surface area contributed by atoms with Crippen LogP contribution in [-0.2, 0) is 4.74 Å². The van der Waals surface area contributed by atoms with Crippen molar-refractivity contribution in [3.63, 3.8) is 0 Å². The van der Waals surface area contributed by atoms with E-state index in [1.165, 1.54) is 0 Å². The molecule has 0 aliphatic carbocycles. The van der Waals surface area contributed by atoms with Crippen molar-refractivity contribution in [2.24, 2.45) is 5.92 Å². The second kappa shape index (κ2) is 6.41. The largest absolute Gasteiger partial charge is 0.381 e. The summed E-state index contributed by atoms with van der Waals surface area (Å²) in [4.78, 5) is 16.6. The predicted molar refractivity (Wildman–Crippen MR) is 82.6 cm³/mol. The van der Waals surface area contributed by atoms with Crippen molar-refractivity contribution in [3.8, 4) is 0 Å². The number of ether oxygens (including phenoxy) is 1. The third-order valence-corrected chi connectivity index (χ3v) is 4.02. The SMILES string of the molecule is O=C(NCC1CCCOC1)c1cc(Cl)c2ccccc2n1. The van der Waals surface area contributed by atoms with E-state index in [1.807, 2.05) is 24.3 Å². The molecule has 1 N–H and O–H groups in total. The Morgan fingerprint density at radius 3 is 3.10 bits per heavy atom. The van der Waals surface area contributed by atoms with Crippen molar-refractivity contribution in [3.05, 3.63) is 41.0 Å². The number of hydrogen-bond donors (Lipinski definition) is 1. The molecule has 2 aromatic rings. The van der Waals surface area contributed by atoms with Crippen LogP contribution in [0.3, 0.4) is 0 Å². The van der Waals surface area contributed by atoms with Gasteiger partial charge in [0.15, 0.2) is 0 Å². The standard InChI is InChI=1S/C16H17ClN2O2/c17-13-8-15(19-14-6-2-1-5-12(13)14)16(20)18-9-11-4-3-7-21-10-11/h1-2,5-6,8,11H,3-4,7,9-10H2,(H,18,20). The smallest absolute Gasteiger partial charge is 0.269 e. The summed E-state index contributed by atoms with van der Waals surface area (Å²) in [6.07, 6.45) is 2.15. The summed E-state index contributed by atoms with van der Waals surface area (Å²) in [6, 6.07) is 9.15. The highest BCUT2D eigenvalue weighted by atomic mass is 35.5. The lowest BCUT2D eigenvalue weighted by atomic mass is 10.0. The van der Waals surface area contributed by atoms with Crippen LogP contribution in [-0.4, -0.2) is 30.6 Å². The van der Waals surface area contributed by atoms with Crippen molar-refractivity contribution < 1.29 is 9.53 Å². The number of carbonyl (C=O) groups is 1. The van der Waals surface area contributed by atoms with Crippen LogP contribution in [0.2, 0.25) is 5.02 Å². The summed E-state index contributed by atoms with van der Waals surface area (Å²) in [5.74, 6) is 0.201. The average molecular weight is 305 g/mol. The molecule has 0 bridgehead atoms. The quantitative estimate of drug-likeness (QED) is 0.948. The van der Waals surface area contributed by atoms with E-state index in [0.29, 0.717) is 29.8 Å².